The molecule has 138 valence electrons. The van der Waals surface area contributed by atoms with Gasteiger partial charge < -0.3 is 19.9 Å². The highest BCUT2D eigenvalue weighted by Gasteiger charge is 2.33. The van der Waals surface area contributed by atoms with E-state index in [1.165, 1.54) is 45.2 Å². The van der Waals surface area contributed by atoms with Gasteiger partial charge in [0.15, 0.2) is 0 Å². The smallest absolute Gasteiger partial charge is 0.223 e. The molecule has 3 rings (SSSR count). The molecule has 3 aliphatic heterocycles. The van der Waals surface area contributed by atoms with Crippen LogP contribution in [0.5, 0.6) is 0 Å². The Morgan fingerprint density at radius 1 is 1.04 bits per heavy atom. The van der Waals surface area contributed by atoms with E-state index in [1.54, 1.807) is 7.11 Å². The van der Waals surface area contributed by atoms with Gasteiger partial charge in [-0.25, -0.2) is 0 Å². The monoisotopic (exact) mass is 337 g/mol. The van der Waals surface area contributed by atoms with Gasteiger partial charge in [-0.3, -0.25) is 4.79 Å². The van der Waals surface area contributed by atoms with Crippen LogP contribution in [0.25, 0.3) is 0 Å². The Morgan fingerprint density at radius 2 is 1.83 bits per heavy atom. The standard InChI is InChI=1S/C19H35N3O2/c1-24-14-13-21-11-7-16(8-12-21)19(23)20-15-17-5-4-10-22-9-3-2-6-18(17)22/h16-18H,2-15H2,1H3,(H,20,23)/t17-,18+/m0/s1. The minimum absolute atomic E-state index is 0.217. The van der Waals surface area contributed by atoms with E-state index in [4.69, 9.17) is 4.74 Å². The van der Waals surface area contributed by atoms with Crippen LogP contribution in [0.3, 0.4) is 0 Å². The predicted molar refractivity (Wildman–Crippen MR) is 96.0 cm³/mol. The van der Waals surface area contributed by atoms with E-state index in [-0.39, 0.29) is 5.92 Å². The number of rotatable bonds is 6. The summed E-state index contributed by atoms with van der Waals surface area (Å²) in [7, 11) is 1.75. The molecule has 0 aromatic heterocycles. The Labute approximate surface area is 147 Å². The Morgan fingerprint density at radius 3 is 2.62 bits per heavy atom. The number of piperidine rings is 3. The SMILES string of the molecule is COCCN1CCC(C(=O)NC[C@@H]2CCCN3CCCC[C@H]23)CC1. The summed E-state index contributed by atoms with van der Waals surface area (Å²) in [6, 6.07) is 0.726. The van der Waals surface area contributed by atoms with Crippen molar-refractivity contribution in [1.29, 1.82) is 0 Å². The van der Waals surface area contributed by atoms with Crippen molar-refractivity contribution < 1.29 is 9.53 Å². The Bertz CT molecular complexity index is 394. The van der Waals surface area contributed by atoms with Crippen molar-refractivity contribution in [2.75, 3.05) is 53.0 Å². The summed E-state index contributed by atoms with van der Waals surface area (Å²) in [5.41, 5.74) is 0. The van der Waals surface area contributed by atoms with Crippen molar-refractivity contribution in [3.8, 4) is 0 Å². The molecule has 0 spiro atoms. The molecule has 3 aliphatic rings. The molecule has 5 heteroatoms. The van der Waals surface area contributed by atoms with Gasteiger partial charge in [0.05, 0.1) is 6.61 Å². The Balaban J connectivity index is 1.39. The van der Waals surface area contributed by atoms with Crippen LogP contribution < -0.4 is 5.32 Å². The molecule has 0 saturated carbocycles. The average Bonchev–Trinajstić information content (AvgIpc) is 2.64. The molecule has 3 fully saturated rings. The van der Waals surface area contributed by atoms with Gasteiger partial charge in [0.2, 0.25) is 5.91 Å². The maximum atomic E-state index is 12.6. The predicted octanol–water partition coefficient (Wildman–Crippen LogP) is 1.73. The number of hydrogen-bond acceptors (Lipinski definition) is 4. The number of carbonyl (C=O) groups excluding carboxylic acids is 1. The molecule has 0 aromatic carbocycles. The third-order valence-corrected chi connectivity index (χ3v) is 6.34. The van der Waals surface area contributed by atoms with Crippen molar-refractivity contribution in [2.45, 2.75) is 51.0 Å². The molecular formula is C19H35N3O2. The van der Waals surface area contributed by atoms with Crippen LogP contribution in [0.4, 0.5) is 0 Å². The molecule has 0 aromatic rings. The van der Waals surface area contributed by atoms with Crippen LogP contribution >= 0.6 is 0 Å². The number of fused-ring (bicyclic) bond motifs is 1. The first-order valence-electron chi connectivity index (χ1n) is 10.0. The number of likely N-dealkylation sites (tertiary alicyclic amines) is 1. The third-order valence-electron chi connectivity index (χ3n) is 6.34. The van der Waals surface area contributed by atoms with Crippen LogP contribution in [0, 0.1) is 11.8 Å². The number of hydrogen-bond donors (Lipinski definition) is 1. The van der Waals surface area contributed by atoms with Crippen molar-refractivity contribution in [3.63, 3.8) is 0 Å². The fourth-order valence-corrected chi connectivity index (χ4v) is 4.83. The zero-order chi connectivity index (χ0) is 16.8. The third kappa shape index (κ3) is 4.70. The summed E-state index contributed by atoms with van der Waals surface area (Å²) in [6.07, 6.45) is 8.64. The topological polar surface area (TPSA) is 44.8 Å². The lowest BCUT2D eigenvalue weighted by molar-refractivity contribution is -0.126. The van der Waals surface area contributed by atoms with E-state index in [0.717, 1.165) is 51.7 Å². The average molecular weight is 338 g/mol. The van der Waals surface area contributed by atoms with E-state index in [1.807, 2.05) is 0 Å². The van der Waals surface area contributed by atoms with Crippen molar-refractivity contribution in [3.05, 3.63) is 0 Å². The second-order valence-corrected chi connectivity index (χ2v) is 7.86. The first-order valence-corrected chi connectivity index (χ1v) is 10.0. The quantitative estimate of drug-likeness (QED) is 0.802. The number of carbonyl (C=O) groups is 1. The van der Waals surface area contributed by atoms with Crippen LogP contribution in [0.2, 0.25) is 0 Å². The number of amides is 1. The van der Waals surface area contributed by atoms with E-state index in [2.05, 4.69) is 15.1 Å². The lowest BCUT2D eigenvalue weighted by Gasteiger charge is -2.44. The first-order chi connectivity index (χ1) is 11.8. The second kappa shape index (κ2) is 9.16. The maximum absolute atomic E-state index is 12.6. The van der Waals surface area contributed by atoms with Crippen molar-refractivity contribution in [2.24, 2.45) is 11.8 Å². The van der Waals surface area contributed by atoms with Gasteiger partial charge in [0.25, 0.3) is 0 Å². The molecule has 5 nitrogen and oxygen atoms in total. The molecule has 24 heavy (non-hydrogen) atoms. The normalized spacial score (nSPS) is 30.0. The molecule has 0 bridgehead atoms. The lowest BCUT2D eigenvalue weighted by atomic mass is 9.83. The van der Waals surface area contributed by atoms with Crippen molar-refractivity contribution >= 4 is 5.91 Å². The molecule has 0 radical (unpaired) electrons. The Kier molecular flexibility index (Phi) is 6.93. The summed E-state index contributed by atoms with van der Waals surface area (Å²) >= 11 is 0. The number of nitrogens with one attached hydrogen (secondary N) is 1. The minimum Gasteiger partial charge on any atom is -0.383 e. The van der Waals surface area contributed by atoms with Gasteiger partial charge in [-0.15, -0.1) is 0 Å². The zero-order valence-corrected chi connectivity index (χ0v) is 15.3. The summed E-state index contributed by atoms with van der Waals surface area (Å²) in [6.45, 7) is 7.28. The Hall–Kier alpha value is -0.650. The summed E-state index contributed by atoms with van der Waals surface area (Å²) in [5.74, 6) is 1.19. The van der Waals surface area contributed by atoms with Crippen LogP contribution in [0.15, 0.2) is 0 Å². The molecule has 3 heterocycles. The summed E-state index contributed by atoms with van der Waals surface area (Å²) in [4.78, 5) is 17.6. The first kappa shape index (κ1) is 18.2. The maximum Gasteiger partial charge on any atom is 0.223 e. The molecule has 3 saturated heterocycles. The molecule has 2 atom stereocenters. The van der Waals surface area contributed by atoms with E-state index in [9.17, 15) is 4.79 Å². The molecule has 1 amide bonds. The fourth-order valence-electron chi connectivity index (χ4n) is 4.83. The zero-order valence-electron chi connectivity index (χ0n) is 15.3. The van der Waals surface area contributed by atoms with Crippen LogP contribution in [0.1, 0.15) is 44.9 Å². The molecular weight excluding hydrogens is 302 g/mol. The van der Waals surface area contributed by atoms with E-state index in [0.29, 0.717) is 11.8 Å². The van der Waals surface area contributed by atoms with E-state index >= 15 is 0 Å². The largest absolute Gasteiger partial charge is 0.383 e. The van der Waals surface area contributed by atoms with Gasteiger partial charge in [-0.1, -0.05) is 6.42 Å². The number of methoxy groups -OCH3 is 1. The van der Waals surface area contributed by atoms with Gasteiger partial charge in [0.1, 0.15) is 0 Å². The van der Waals surface area contributed by atoms with Gasteiger partial charge in [0, 0.05) is 32.2 Å². The molecule has 0 aliphatic carbocycles. The molecule has 1 N–H and O–H groups in total. The van der Waals surface area contributed by atoms with E-state index < -0.39 is 0 Å². The van der Waals surface area contributed by atoms with Crippen LogP contribution in [-0.4, -0.2) is 74.7 Å². The minimum atomic E-state index is 0.217. The van der Waals surface area contributed by atoms with Gasteiger partial charge in [-0.05, 0) is 70.6 Å². The van der Waals surface area contributed by atoms with Crippen molar-refractivity contribution in [1.82, 2.24) is 15.1 Å². The highest BCUT2D eigenvalue weighted by atomic mass is 16.5. The summed E-state index contributed by atoms with van der Waals surface area (Å²) < 4.78 is 5.14. The fraction of sp³-hybridized carbons (Fsp3) is 0.947. The summed E-state index contributed by atoms with van der Waals surface area (Å²) in [5, 5.41) is 3.30. The van der Waals surface area contributed by atoms with Gasteiger partial charge >= 0.3 is 0 Å². The molecule has 0 unspecified atom stereocenters. The lowest BCUT2D eigenvalue weighted by Crippen LogP contribution is -2.51. The highest BCUT2D eigenvalue weighted by molar-refractivity contribution is 5.78. The second-order valence-electron chi connectivity index (χ2n) is 7.86. The van der Waals surface area contributed by atoms with Gasteiger partial charge in [-0.2, -0.15) is 0 Å². The number of nitrogens with zero attached hydrogens (tertiary/aromatic N) is 2. The van der Waals surface area contributed by atoms with Crippen LogP contribution in [-0.2, 0) is 9.53 Å². The number of ether oxygens (including phenoxy) is 1. The highest BCUT2D eigenvalue weighted by Crippen LogP contribution is 2.30.